The van der Waals surface area contributed by atoms with Gasteiger partial charge >= 0.3 is 5.97 Å². The molecule has 1 fully saturated rings. The minimum absolute atomic E-state index is 0.0996. The number of carbonyl (C=O) groups excluding carboxylic acids is 1. The van der Waals surface area contributed by atoms with Gasteiger partial charge in [-0.3, -0.25) is 9.59 Å². The summed E-state index contributed by atoms with van der Waals surface area (Å²) in [6.45, 7) is 4.78. The van der Waals surface area contributed by atoms with Crippen molar-refractivity contribution in [1.82, 2.24) is 4.90 Å². The molecule has 0 saturated carbocycles. The third kappa shape index (κ3) is 3.45. The van der Waals surface area contributed by atoms with Gasteiger partial charge in [0, 0.05) is 36.2 Å². The van der Waals surface area contributed by atoms with Crippen molar-refractivity contribution in [1.29, 1.82) is 0 Å². The number of benzene rings is 1. The minimum atomic E-state index is -0.780. The SMILES string of the molecule is COc1cc2occ(C)c2cc1/C(C)=C/C(=O)N1CCC(C(=O)O)CC1. The van der Waals surface area contributed by atoms with E-state index in [1.807, 2.05) is 26.0 Å². The van der Waals surface area contributed by atoms with E-state index in [0.29, 0.717) is 31.7 Å². The molecule has 2 heterocycles. The fraction of sp³-hybridized carbons (Fsp3) is 0.400. The first kappa shape index (κ1) is 18.0. The van der Waals surface area contributed by atoms with Crippen molar-refractivity contribution in [3.8, 4) is 5.75 Å². The minimum Gasteiger partial charge on any atom is -0.496 e. The smallest absolute Gasteiger partial charge is 0.306 e. The zero-order chi connectivity index (χ0) is 18.8. The number of fused-ring (bicyclic) bond motifs is 1. The molecule has 1 N–H and O–H groups in total. The van der Waals surface area contributed by atoms with Crippen molar-refractivity contribution in [2.75, 3.05) is 20.2 Å². The van der Waals surface area contributed by atoms with E-state index in [-0.39, 0.29) is 11.8 Å². The van der Waals surface area contributed by atoms with Gasteiger partial charge in [-0.25, -0.2) is 0 Å². The van der Waals surface area contributed by atoms with Crippen LogP contribution in [0.2, 0.25) is 0 Å². The van der Waals surface area contributed by atoms with Gasteiger partial charge in [0.1, 0.15) is 11.3 Å². The Morgan fingerprint density at radius 2 is 2.00 bits per heavy atom. The van der Waals surface area contributed by atoms with Crippen molar-refractivity contribution in [3.05, 3.63) is 35.6 Å². The van der Waals surface area contributed by atoms with E-state index >= 15 is 0 Å². The van der Waals surface area contributed by atoms with Crippen molar-refractivity contribution in [3.63, 3.8) is 0 Å². The number of nitrogens with zero attached hydrogens (tertiary/aromatic N) is 1. The number of carbonyl (C=O) groups is 2. The number of carboxylic acid groups (broad SMARTS) is 1. The zero-order valence-electron chi connectivity index (χ0n) is 15.2. The zero-order valence-corrected chi connectivity index (χ0v) is 15.2. The molecule has 0 aliphatic carbocycles. The number of hydrogen-bond acceptors (Lipinski definition) is 4. The number of methoxy groups -OCH3 is 1. The highest BCUT2D eigenvalue weighted by Crippen LogP contribution is 2.33. The Balaban J connectivity index is 1.83. The van der Waals surface area contributed by atoms with Gasteiger partial charge in [0.25, 0.3) is 0 Å². The second-order valence-corrected chi connectivity index (χ2v) is 6.73. The average Bonchev–Trinajstić information content (AvgIpc) is 3.00. The fourth-order valence-electron chi connectivity index (χ4n) is 3.36. The Morgan fingerprint density at radius 1 is 1.31 bits per heavy atom. The predicted molar refractivity (Wildman–Crippen MR) is 98.1 cm³/mol. The van der Waals surface area contributed by atoms with E-state index in [9.17, 15) is 9.59 Å². The second kappa shape index (κ2) is 7.23. The summed E-state index contributed by atoms with van der Waals surface area (Å²) in [5.74, 6) is -0.580. The molecule has 0 spiro atoms. The maximum Gasteiger partial charge on any atom is 0.306 e. The summed E-state index contributed by atoms with van der Waals surface area (Å²) >= 11 is 0. The molecule has 1 aliphatic rings. The molecule has 1 aliphatic heterocycles. The van der Waals surface area contributed by atoms with Crippen LogP contribution in [0.5, 0.6) is 5.75 Å². The summed E-state index contributed by atoms with van der Waals surface area (Å²) in [4.78, 5) is 25.3. The first-order valence-corrected chi connectivity index (χ1v) is 8.67. The number of allylic oxidation sites excluding steroid dienone is 1. The monoisotopic (exact) mass is 357 g/mol. The Labute approximate surface area is 152 Å². The van der Waals surface area contributed by atoms with Gasteiger partial charge in [-0.1, -0.05) is 0 Å². The number of amides is 1. The van der Waals surface area contributed by atoms with Crippen LogP contribution in [0, 0.1) is 12.8 Å². The summed E-state index contributed by atoms with van der Waals surface area (Å²) in [5.41, 5.74) is 3.42. The molecule has 6 heteroatoms. The van der Waals surface area contributed by atoms with Gasteiger partial charge in [0.2, 0.25) is 5.91 Å². The highest BCUT2D eigenvalue weighted by atomic mass is 16.5. The number of carboxylic acids is 1. The highest BCUT2D eigenvalue weighted by Gasteiger charge is 2.26. The maximum atomic E-state index is 12.6. The summed E-state index contributed by atoms with van der Waals surface area (Å²) in [5, 5.41) is 10.1. The van der Waals surface area contributed by atoms with E-state index in [4.69, 9.17) is 14.3 Å². The quantitative estimate of drug-likeness (QED) is 0.848. The predicted octanol–water partition coefficient (Wildman–Crippen LogP) is 3.48. The van der Waals surface area contributed by atoms with Crippen LogP contribution in [0.15, 0.2) is 28.9 Å². The summed E-state index contributed by atoms with van der Waals surface area (Å²) in [6.07, 6.45) is 4.29. The highest BCUT2D eigenvalue weighted by molar-refractivity contribution is 5.97. The van der Waals surface area contributed by atoms with Crippen molar-refractivity contribution < 1.29 is 23.8 Å². The third-order valence-electron chi connectivity index (χ3n) is 5.01. The average molecular weight is 357 g/mol. The topological polar surface area (TPSA) is 80.0 Å². The van der Waals surface area contributed by atoms with Crippen LogP contribution in [-0.4, -0.2) is 42.1 Å². The van der Waals surface area contributed by atoms with E-state index in [2.05, 4.69) is 0 Å². The third-order valence-corrected chi connectivity index (χ3v) is 5.01. The molecule has 2 aromatic rings. The molecule has 138 valence electrons. The molecule has 6 nitrogen and oxygen atoms in total. The standard InChI is InChI=1S/C20H23NO5/c1-12(8-19(22)21-6-4-14(5-7-21)20(23)24)15-9-16-13(2)11-26-18(16)10-17(15)25-3/h8-11,14H,4-7H2,1-3H3,(H,23,24)/b12-8+. The van der Waals surface area contributed by atoms with Gasteiger partial charge < -0.3 is 19.2 Å². The molecular formula is C20H23NO5. The van der Waals surface area contributed by atoms with Crippen LogP contribution in [0.25, 0.3) is 16.5 Å². The van der Waals surface area contributed by atoms with Crippen LogP contribution >= 0.6 is 0 Å². The first-order valence-electron chi connectivity index (χ1n) is 8.67. The second-order valence-electron chi connectivity index (χ2n) is 6.73. The summed E-state index contributed by atoms with van der Waals surface area (Å²) in [6, 6.07) is 3.81. The van der Waals surface area contributed by atoms with Crippen LogP contribution in [-0.2, 0) is 9.59 Å². The van der Waals surface area contributed by atoms with E-state index in [1.54, 1.807) is 24.3 Å². The molecular weight excluding hydrogens is 334 g/mol. The van der Waals surface area contributed by atoms with Crippen LogP contribution < -0.4 is 4.74 Å². The first-order chi connectivity index (χ1) is 12.4. The number of piperidine rings is 1. The molecule has 0 radical (unpaired) electrons. The molecule has 0 atom stereocenters. The number of hydrogen-bond donors (Lipinski definition) is 1. The fourth-order valence-corrected chi connectivity index (χ4v) is 3.36. The summed E-state index contributed by atoms with van der Waals surface area (Å²) in [7, 11) is 1.59. The Morgan fingerprint density at radius 3 is 2.62 bits per heavy atom. The van der Waals surface area contributed by atoms with Crippen molar-refractivity contribution in [2.24, 2.45) is 5.92 Å². The van der Waals surface area contributed by atoms with Gasteiger partial charge in [-0.05, 0) is 43.9 Å². The number of aryl methyl sites for hydroxylation is 1. The number of likely N-dealkylation sites (tertiary alicyclic amines) is 1. The lowest BCUT2D eigenvalue weighted by Gasteiger charge is -2.29. The Bertz CT molecular complexity index is 872. The van der Waals surface area contributed by atoms with Gasteiger partial charge in [0.15, 0.2) is 0 Å². The molecule has 1 aromatic heterocycles. The van der Waals surface area contributed by atoms with E-state index in [1.165, 1.54) is 0 Å². The number of ether oxygens (including phenoxy) is 1. The maximum absolute atomic E-state index is 12.6. The number of aliphatic carboxylic acids is 1. The van der Waals surface area contributed by atoms with Gasteiger partial charge in [-0.15, -0.1) is 0 Å². The lowest BCUT2D eigenvalue weighted by Crippen LogP contribution is -2.39. The molecule has 0 bridgehead atoms. The normalized spacial score (nSPS) is 16.1. The van der Waals surface area contributed by atoms with Crippen molar-refractivity contribution in [2.45, 2.75) is 26.7 Å². The molecule has 26 heavy (non-hydrogen) atoms. The summed E-state index contributed by atoms with van der Waals surface area (Å²) < 4.78 is 11.0. The van der Waals surface area contributed by atoms with Crippen LogP contribution in [0.3, 0.4) is 0 Å². The van der Waals surface area contributed by atoms with Crippen LogP contribution in [0.1, 0.15) is 30.9 Å². The number of furan rings is 1. The largest absolute Gasteiger partial charge is 0.496 e. The molecule has 3 rings (SSSR count). The van der Waals surface area contributed by atoms with Gasteiger partial charge in [0.05, 0.1) is 19.3 Å². The van der Waals surface area contributed by atoms with E-state index < -0.39 is 5.97 Å². The Hall–Kier alpha value is -2.76. The van der Waals surface area contributed by atoms with E-state index in [0.717, 1.165) is 27.7 Å². The molecule has 1 aromatic carbocycles. The molecule has 1 saturated heterocycles. The van der Waals surface area contributed by atoms with Crippen LogP contribution in [0.4, 0.5) is 0 Å². The lowest BCUT2D eigenvalue weighted by atomic mass is 9.96. The van der Waals surface area contributed by atoms with Gasteiger partial charge in [-0.2, -0.15) is 0 Å². The molecule has 0 unspecified atom stereocenters. The Kier molecular flexibility index (Phi) is 5.02. The number of rotatable bonds is 4. The van der Waals surface area contributed by atoms with Crippen molar-refractivity contribution >= 4 is 28.4 Å². The lowest BCUT2D eigenvalue weighted by molar-refractivity contribution is -0.144. The molecule has 1 amide bonds.